The molecule has 0 bridgehead atoms. The molecule has 2 aromatic carbocycles. The fraction of sp³-hybridized carbons (Fsp3) is 0.364. The zero-order chi connectivity index (χ0) is 19.7. The Morgan fingerprint density at radius 3 is 2.71 bits per heavy atom. The molecule has 0 spiro atoms. The lowest BCUT2D eigenvalue weighted by Crippen LogP contribution is -2.28. The standard InChI is InChI=1S/C22H23FN2O2S/c1-14-9-10-18(12-19(14)23)25-20(26)13-28-22(25)16-7-4-8-17(11-16)24-21(27)15-5-2-3-6-15/h4,7-12,15,22H,2-3,5-6,13H2,1H3,(H,24,27)/t22-/m0/s1. The van der Waals surface area contributed by atoms with Crippen molar-refractivity contribution in [2.45, 2.75) is 38.0 Å². The molecule has 1 saturated heterocycles. The van der Waals surface area contributed by atoms with E-state index >= 15 is 0 Å². The summed E-state index contributed by atoms with van der Waals surface area (Å²) in [5.74, 6) is 0.149. The molecule has 2 fully saturated rings. The summed E-state index contributed by atoms with van der Waals surface area (Å²) in [5.41, 5.74) is 2.77. The van der Waals surface area contributed by atoms with Crippen LogP contribution in [0.15, 0.2) is 42.5 Å². The highest BCUT2D eigenvalue weighted by Gasteiger charge is 2.34. The van der Waals surface area contributed by atoms with Crippen LogP contribution in [0, 0.1) is 18.7 Å². The van der Waals surface area contributed by atoms with E-state index in [1.807, 2.05) is 24.3 Å². The topological polar surface area (TPSA) is 49.4 Å². The number of nitrogens with zero attached hydrogens (tertiary/aromatic N) is 1. The van der Waals surface area contributed by atoms with Gasteiger partial charge in [0.15, 0.2) is 0 Å². The fourth-order valence-electron chi connectivity index (χ4n) is 3.88. The first-order valence-electron chi connectivity index (χ1n) is 9.63. The maximum Gasteiger partial charge on any atom is 0.238 e. The third-order valence-corrected chi connectivity index (χ3v) is 6.68. The first-order chi connectivity index (χ1) is 13.5. The van der Waals surface area contributed by atoms with Crippen molar-refractivity contribution in [2.75, 3.05) is 16.0 Å². The van der Waals surface area contributed by atoms with Gasteiger partial charge in [-0.1, -0.05) is 31.0 Å². The number of carbonyl (C=O) groups excluding carboxylic acids is 2. The highest BCUT2D eigenvalue weighted by Crippen LogP contribution is 2.42. The minimum Gasteiger partial charge on any atom is -0.326 e. The summed E-state index contributed by atoms with van der Waals surface area (Å²) in [7, 11) is 0. The molecule has 0 radical (unpaired) electrons. The minimum absolute atomic E-state index is 0.0429. The lowest BCUT2D eigenvalue weighted by Gasteiger charge is -2.25. The third kappa shape index (κ3) is 3.78. The molecule has 2 aliphatic rings. The van der Waals surface area contributed by atoms with E-state index in [1.54, 1.807) is 24.0 Å². The van der Waals surface area contributed by atoms with Gasteiger partial charge >= 0.3 is 0 Å². The molecule has 28 heavy (non-hydrogen) atoms. The van der Waals surface area contributed by atoms with E-state index in [0.29, 0.717) is 17.0 Å². The van der Waals surface area contributed by atoms with Crippen molar-refractivity contribution >= 4 is 35.0 Å². The van der Waals surface area contributed by atoms with Crippen LogP contribution >= 0.6 is 11.8 Å². The highest BCUT2D eigenvalue weighted by molar-refractivity contribution is 8.00. The van der Waals surface area contributed by atoms with E-state index in [-0.39, 0.29) is 28.9 Å². The number of rotatable bonds is 4. The first kappa shape index (κ1) is 19.0. The summed E-state index contributed by atoms with van der Waals surface area (Å²) < 4.78 is 14.1. The van der Waals surface area contributed by atoms with Crippen LogP contribution in [0.1, 0.15) is 42.2 Å². The van der Waals surface area contributed by atoms with E-state index < -0.39 is 0 Å². The zero-order valence-electron chi connectivity index (χ0n) is 15.8. The lowest BCUT2D eigenvalue weighted by molar-refractivity contribution is -0.119. The molecule has 6 heteroatoms. The van der Waals surface area contributed by atoms with Gasteiger partial charge in [0, 0.05) is 17.3 Å². The van der Waals surface area contributed by atoms with Gasteiger partial charge in [-0.3, -0.25) is 14.5 Å². The second-order valence-corrected chi connectivity index (χ2v) is 8.53. The fourth-order valence-corrected chi connectivity index (χ4v) is 5.05. The number of nitrogens with one attached hydrogen (secondary N) is 1. The van der Waals surface area contributed by atoms with Crippen molar-refractivity contribution in [3.8, 4) is 0 Å². The molecule has 1 aliphatic heterocycles. The minimum atomic E-state index is -0.321. The van der Waals surface area contributed by atoms with Crippen molar-refractivity contribution in [1.29, 1.82) is 0 Å². The predicted octanol–water partition coefficient (Wildman–Crippen LogP) is 5.04. The van der Waals surface area contributed by atoms with E-state index in [4.69, 9.17) is 0 Å². The van der Waals surface area contributed by atoms with Crippen molar-refractivity contribution in [3.05, 3.63) is 59.4 Å². The SMILES string of the molecule is Cc1ccc(N2C(=O)CS[C@H]2c2cccc(NC(=O)C3CCCC3)c2)cc1F. The van der Waals surface area contributed by atoms with Crippen LogP contribution in [0.3, 0.4) is 0 Å². The average molecular weight is 399 g/mol. The van der Waals surface area contributed by atoms with Gasteiger partial charge in [0.1, 0.15) is 11.2 Å². The number of hydrogen-bond acceptors (Lipinski definition) is 3. The van der Waals surface area contributed by atoms with E-state index in [1.165, 1.54) is 17.8 Å². The second kappa shape index (κ2) is 7.95. The molecule has 0 aromatic heterocycles. The maximum absolute atomic E-state index is 14.1. The summed E-state index contributed by atoms with van der Waals surface area (Å²) in [4.78, 5) is 26.6. The molecule has 4 rings (SSSR count). The summed E-state index contributed by atoms with van der Waals surface area (Å²) in [6, 6.07) is 12.5. The van der Waals surface area contributed by atoms with Crippen molar-refractivity contribution in [2.24, 2.45) is 5.92 Å². The summed E-state index contributed by atoms with van der Waals surface area (Å²) in [6.45, 7) is 1.70. The molecule has 1 saturated carbocycles. The number of aryl methyl sites for hydroxylation is 1. The monoisotopic (exact) mass is 398 g/mol. The molecule has 1 aliphatic carbocycles. The Morgan fingerprint density at radius 1 is 1.18 bits per heavy atom. The number of amides is 2. The molecule has 0 unspecified atom stereocenters. The number of carbonyl (C=O) groups is 2. The molecular weight excluding hydrogens is 375 g/mol. The van der Waals surface area contributed by atoms with Crippen LogP contribution in [-0.2, 0) is 9.59 Å². The number of thioether (sulfide) groups is 1. The Morgan fingerprint density at radius 2 is 1.96 bits per heavy atom. The largest absolute Gasteiger partial charge is 0.326 e. The Labute approximate surface area is 168 Å². The van der Waals surface area contributed by atoms with Gasteiger partial charge in [-0.25, -0.2) is 4.39 Å². The lowest BCUT2D eigenvalue weighted by atomic mass is 10.1. The van der Waals surface area contributed by atoms with Gasteiger partial charge in [0.05, 0.1) is 5.75 Å². The normalized spacial score (nSPS) is 20.0. The van der Waals surface area contributed by atoms with Gasteiger partial charge < -0.3 is 5.32 Å². The maximum atomic E-state index is 14.1. The molecule has 2 amide bonds. The van der Waals surface area contributed by atoms with Crippen LogP contribution < -0.4 is 10.2 Å². The van der Waals surface area contributed by atoms with Crippen LogP contribution in [0.2, 0.25) is 0 Å². The summed E-state index contributed by atoms with van der Waals surface area (Å²) in [5, 5.41) is 2.78. The van der Waals surface area contributed by atoms with Gasteiger partial charge in [-0.05, 0) is 55.2 Å². The molecule has 1 heterocycles. The second-order valence-electron chi connectivity index (χ2n) is 7.46. The summed E-state index contributed by atoms with van der Waals surface area (Å²) in [6.07, 6.45) is 4.12. The first-order valence-corrected chi connectivity index (χ1v) is 10.7. The van der Waals surface area contributed by atoms with E-state index in [9.17, 15) is 14.0 Å². The van der Waals surface area contributed by atoms with Crippen LogP contribution in [-0.4, -0.2) is 17.6 Å². The van der Waals surface area contributed by atoms with E-state index in [2.05, 4.69) is 5.32 Å². The van der Waals surface area contributed by atoms with Gasteiger partial charge in [0.2, 0.25) is 11.8 Å². The van der Waals surface area contributed by atoms with Crippen molar-refractivity contribution in [1.82, 2.24) is 0 Å². The Hall–Kier alpha value is -2.34. The molecule has 1 atom stereocenters. The van der Waals surface area contributed by atoms with Crippen LogP contribution in [0.4, 0.5) is 15.8 Å². The van der Waals surface area contributed by atoms with Gasteiger partial charge in [-0.2, -0.15) is 0 Å². The predicted molar refractivity (Wildman–Crippen MR) is 111 cm³/mol. The zero-order valence-corrected chi connectivity index (χ0v) is 16.6. The molecule has 1 N–H and O–H groups in total. The third-order valence-electron chi connectivity index (χ3n) is 5.47. The van der Waals surface area contributed by atoms with Crippen LogP contribution in [0.25, 0.3) is 0 Å². The van der Waals surface area contributed by atoms with Crippen molar-refractivity contribution < 1.29 is 14.0 Å². The van der Waals surface area contributed by atoms with Crippen LogP contribution in [0.5, 0.6) is 0 Å². The molecule has 4 nitrogen and oxygen atoms in total. The Balaban J connectivity index is 1.57. The van der Waals surface area contributed by atoms with E-state index in [0.717, 1.165) is 36.9 Å². The highest BCUT2D eigenvalue weighted by atomic mass is 32.2. The molecule has 146 valence electrons. The number of halogens is 1. The smallest absolute Gasteiger partial charge is 0.238 e. The van der Waals surface area contributed by atoms with Crippen molar-refractivity contribution in [3.63, 3.8) is 0 Å². The number of anilines is 2. The quantitative estimate of drug-likeness (QED) is 0.785. The van der Waals surface area contributed by atoms with Gasteiger partial charge in [0.25, 0.3) is 0 Å². The molecular formula is C22H23FN2O2S. The average Bonchev–Trinajstić information content (AvgIpc) is 3.34. The van der Waals surface area contributed by atoms with Gasteiger partial charge in [-0.15, -0.1) is 11.8 Å². The number of hydrogen-bond donors (Lipinski definition) is 1. The molecule has 2 aromatic rings. The summed E-state index contributed by atoms with van der Waals surface area (Å²) >= 11 is 1.51. The Bertz CT molecular complexity index is 911. The Kier molecular flexibility index (Phi) is 5.40. The number of benzene rings is 2.